The Labute approximate surface area is 189 Å². The molecule has 2 N–H and O–H groups in total. The van der Waals surface area contributed by atoms with Crippen LogP contribution >= 0.6 is 11.6 Å². The van der Waals surface area contributed by atoms with Gasteiger partial charge < -0.3 is 24.3 Å². The lowest BCUT2D eigenvalue weighted by atomic mass is 9.93. The van der Waals surface area contributed by atoms with Crippen LogP contribution in [0.5, 0.6) is 11.5 Å². The number of aliphatic hydroxyl groups excluding tert-OH is 1. The summed E-state index contributed by atoms with van der Waals surface area (Å²) >= 11 is 6.11. The van der Waals surface area contributed by atoms with Gasteiger partial charge in [0.2, 0.25) is 0 Å². The monoisotopic (exact) mass is 453 g/mol. The number of likely N-dealkylation sites (tertiary alicyclic amines) is 1. The minimum atomic E-state index is -0.931. The third-order valence-electron chi connectivity index (χ3n) is 5.42. The summed E-state index contributed by atoms with van der Waals surface area (Å²) in [6.07, 6.45) is 1.47. The Kier molecular flexibility index (Phi) is 5.67. The van der Waals surface area contributed by atoms with Crippen LogP contribution in [-0.2, 0) is 16.1 Å². The quantitative estimate of drug-likeness (QED) is 0.333. The van der Waals surface area contributed by atoms with Gasteiger partial charge in [-0.25, -0.2) is 0 Å². The number of hydrogen-bond acceptors (Lipinski definition) is 6. The van der Waals surface area contributed by atoms with Crippen molar-refractivity contribution in [1.29, 1.82) is 0 Å². The number of nitrogens with zero attached hydrogens (tertiary/aromatic N) is 1. The number of furan rings is 1. The van der Waals surface area contributed by atoms with Crippen LogP contribution in [0.2, 0.25) is 5.02 Å². The van der Waals surface area contributed by atoms with Crippen LogP contribution in [0, 0.1) is 6.92 Å². The summed E-state index contributed by atoms with van der Waals surface area (Å²) in [4.78, 5) is 27.4. The van der Waals surface area contributed by atoms with Crippen LogP contribution in [-0.4, -0.2) is 33.9 Å². The molecule has 1 fully saturated rings. The van der Waals surface area contributed by atoms with Gasteiger partial charge in [-0.2, -0.15) is 0 Å². The molecule has 1 aromatic heterocycles. The maximum Gasteiger partial charge on any atom is 0.296 e. The number of methoxy groups -OCH3 is 1. The standard InChI is InChI=1S/C24H20ClNO6/c1-13-10-15(31-2)6-7-17(13)22(28)20-21(14-5-8-19(27)18(25)11-14)26(24(30)23(20)29)12-16-4-3-9-32-16/h3-11,21,27-28H,12H2,1-2H3/b22-20-. The van der Waals surface area contributed by atoms with E-state index in [2.05, 4.69) is 0 Å². The minimum Gasteiger partial charge on any atom is -0.507 e. The number of ketones is 1. The third-order valence-corrected chi connectivity index (χ3v) is 5.73. The summed E-state index contributed by atoms with van der Waals surface area (Å²) in [6.45, 7) is 1.78. The number of carbonyl (C=O) groups excluding carboxylic acids is 2. The van der Waals surface area contributed by atoms with Crippen molar-refractivity contribution >= 4 is 29.1 Å². The number of aromatic hydroxyl groups is 1. The normalized spacial score (nSPS) is 17.7. The van der Waals surface area contributed by atoms with Crippen LogP contribution in [0.4, 0.5) is 0 Å². The molecule has 0 spiro atoms. The first-order valence-corrected chi connectivity index (χ1v) is 10.1. The SMILES string of the molecule is COc1ccc(/C(O)=C2/C(=O)C(=O)N(Cc3ccco3)C2c2ccc(O)c(Cl)c2)c(C)c1. The average Bonchev–Trinajstić information content (AvgIpc) is 3.37. The first-order chi connectivity index (χ1) is 15.3. The number of halogens is 1. The number of hydrogen-bond donors (Lipinski definition) is 2. The lowest BCUT2D eigenvalue weighted by molar-refractivity contribution is -0.140. The Morgan fingerprint density at radius 3 is 2.59 bits per heavy atom. The summed E-state index contributed by atoms with van der Waals surface area (Å²) in [5, 5.41) is 21.1. The zero-order valence-electron chi connectivity index (χ0n) is 17.3. The van der Waals surface area contributed by atoms with E-state index in [4.69, 9.17) is 20.8 Å². The van der Waals surface area contributed by atoms with E-state index in [1.165, 1.54) is 30.4 Å². The van der Waals surface area contributed by atoms with Gasteiger partial charge in [-0.1, -0.05) is 17.7 Å². The molecule has 0 aliphatic carbocycles. The second-order valence-electron chi connectivity index (χ2n) is 7.40. The zero-order chi connectivity index (χ0) is 23.0. The molecule has 2 aromatic carbocycles. The number of phenolic OH excluding ortho intramolecular Hbond substituents is 1. The van der Waals surface area contributed by atoms with Crippen molar-refractivity contribution in [1.82, 2.24) is 4.90 Å². The summed E-state index contributed by atoms with van der Waals surface area (Å²) in [7, 11) is 1.53. The lowest BCUT2D eigenvalue weighted by Gasteiger charge is -2.25. The van der Waals surface area contributed by atoms with Crippen LogP contribution in [0.15, 0.2) is 64.8 Å². The molecular formula is C24H20ClNO6. The number of amides is 1. The Hall–Kier alpha value is -3.71. The number of Topliss-reactive ketones (excluding diaryl/α,β-unsaturated/α-hetero) is 1. The molecule has 0 radical (unpaired) electrons. The predicted molar refractivity (Wildman–Crippen MR) is 117 cm³/mol. The van der Waals surface area contributed by atoms with Gasteiger partial charge in [-0.3, -0.25) is 9.59 Å². The van der Waals surface area contributed by atoms with Crippen LogP contribution in [0.1, 0.15) is 28.5 Å². The number of ether oxygens (including phenoxy) is 1. The van der Waals surface area contributed by atoms with E-state index in [1.54, 1.807) is 43.3 Å². The van der Waals surface area contributed by atoms with E-state index in [0.717, 1.165) is 0 Å². The van der Waals surface area contributed by atoms with Crippen molar-refractivity contribution in [2.24, 2.45) is 0 Å². The van der Waals surface area contributed by atoms with E-state index >= 15 is 0 Å². The largest absolute Gasteiger partial charge is 0.507 e. The van der Waals surface area contributed by atoms with Gasteiger partial charge in [0.15, 0.2) is 0 Å². The van der Waals surface area contributed by atoms with Gasteiger partial charge in [-0.15, -0.1) is 0 Å². The van der Waals surface area contributed by atoms with Gasteiger partial charge in [-0.05, 0) is 60.5 Å². The van der Waals surface area contributed by atoms with Crippen molar-refractivity contribution in [3.05, 3.63) is 87.8 Å². The Balaban J connectivity index is 1.90. The predicted octanol–water partition coefficient (Wildman–Crippen LogP) is 4.58. The first kappa shape index (κ1) is 21.5. The van der Waals surface area contributed by atoms with Crippen LogP contribution in [0.3, 0.4) is 0 Å². The molecule has 0 bridgehead atoms. The zero-order valence-corrected chi connectivity index (χ0v) is 18.1. The fourth-order valence-corrected chi connectivity index (χ4v) is 4.02. The van der Waals surface area contributed by atoms with Crippen LogP contribution < -0.4 is 4.74 Å². The molecular weight excluding hydrogens is 434 g/mol. The van der Waals surface area contributed by atoms with Crippen molar-refractivity contribution in [3.8, 4) is 11.5 Å². The van der Waals surface area contributed by atoms with Crippen molar-refractivity contribution in [2.75, 3.05) is 7.11 Å². The molecule has 1 aliphatic heterocycles. The van der Waals surface area contributed by atoms with Crippen LogP contribution in [0.25, 0.3) is 5.76 Å². The maximum absolute atomic E-state index is 13.1. The summed E-state index contributed by atoms with van der Waals surface area (Å²) in [5.41, 5.74) is 1.46. The fourth-order valence-electron chi connectivity index (χ4n) is 3.83. The Morgan fingerprint density at radius 2 is 1.97 bits per heavy atom. The van der Waals surface area contributed by atoms with Gasteiger partial charge in [0.1, 0.15) is 23.0 Å². The topological polar surface area (TPSA) is 100 Å². The molecule has 164 valence electrons. The molecule has 2 heterocycles. The van der Waals surface area contributed by atoms with Gasteiger partial charge >= 0.3 is 0 Å². The molecule has 4 rings (SSSR count). The maximum atomic E-state index is 13.1. The highest BCUT2D eigenvalue weighted by atomic mass is 35.5. The number of carbonyl (C=O) groups is 2. The second-order valence-corrected chi connectivity index (χ2v) is 7.81. The van der Waals surface area contributed by atoms with Crippen molar-refractivity contribution in [3.63, 3.8) is 0 Å². The van der Waals surface area contributed by atoms with E-state index in [-0.39, 0.29) is 28.6 Å². The minimum absolute atomic E-state index is 0.0130. The average molecular weight is 454 g/mol. The van der Waals surface area contributed by atoms with Gasteiger partial charge in [0.25, 0.3) is 11.7 Å². The fraction of sp³-hybridized carbons (Fsp3) is 0.167. The van der Waals surface area contributed by atoms with E-state index < -0.39 is 17.7 Å². The van der Waals surface area contributed by atoms with Gasteiger partial charge in [0, 0.05) is 5.56 Å². The van der Waals surface area contributed by atoms with E-state index in [9.17, 15) is 19.8 Å². The molecule has 8 heteroatoms. The summed E-state index contributed by atoms with van der Waals surface area (Å²) in [6, 6.07) is 11.9. The number of rotatable bonds is 5. The Morgan fingerprint density at radius 1 is 1.19 bits per heavy atom. The summed E-state index contributed by atoms with van der Waals surface area (Å²) in [5.74, 6) is -0.965. The number of benzene rings is 2. The molecule has 0 saturated carbocycles. The molecule has 7 nitrogen and oxygen atoms in total. The van der Waals surface area contributed by atoms with Crippen molar-refractivity contribution in [2.45, 2.75) is 19.5 Å². The Bertz CT molecular complexity index is 1230. The first-order valence-electron chi connectivity index (χ1n) is 9.76. The molecule has 3 aromatic rings. The number of aryl methyl sites for hydroxylation is 1. The number of phenols is 1. The second kappa shape index (κ2) is 8.43. The van der Waals surface area contributed by atoms with Gasteiger partial charge in [0.05, 0.1) is 36.6 Å². The molecule has 1 aliphatic rings. The van der Waals surface area contributed by atoms with E-state index in [0.29, 0.717) is 28.2 Å². The molecule has 1 atom stereocenters. The lowest BCUT2D eigenvalue weighted by Crippen LogP contribution is -2.29. The van der Waals surface area contributed by atoms with E-state index in [1.807, 2.05) is 0 Å². The highest BCUT2D eigenvalue weighted by molar-refractivity contribution is 6.46. The molecule has 1 unspecified atom stereocenters. The third kappa shape index (κ3) is 3.71. The number of aliphatic hydroxyl groups is 1. The molecule has 32 heavy (non-hydrogen) atoms. The highest BCUT2D eigenvalue weighted by Crippen LogP contribution is 2.42. The summed E-state index contributed by atoms with van der Waals surface area (Å²) < 4.78 is 10.6. The molecule has 1 amide bonds. The highest BCUT2D eigenvalue weighted by Gasteiger charge is 2.46. The van der Waals surface area contributed by atoms with Crippen molar-refractivity contribution < 1.29 is 29.0 Å². The molecule has 1 saturated heterocycles. The smallest absolute Gasteiger partial charge is 0.296 e.